The van der Waals surface area contributed by atoms with Crippen molar-refractivity contribution >= 4 is 44.5 Å². The van der Waals surface area contributed by atoms with Crippen LogP contribution in [-0.2, 0) is 6.54 Å². The van der Waals surface area contributed by atoms with Crippen LogP contribution in [0.25, 0.3) is 20.7 Å². The molecule has 0 aliphatic carbocycles. The Morgan fingerprint density at radius 3 is 2.83 bits per heavy atom. The Bertz CT molecular complexity index is 805. The Hall–Kier alpha value is -1.01. The summed E-state index contributed by atoms with van der Waals surface area (Å²) >= 11 is 9.88. The SMILES string of the molecule is CC1CCN(Cc2nc(Cl)c3c(-c4cccs4)csc3n2)CC1. The van der Waals surface area contributed by atoms with Crippen molar-refractivity contribution in [3.63, 3.8) is 0 Å². The molecule has 4 rings (SSSR count). The Morgan fingerprint density at radius 2 is 2.09 bits per heavy atom. The number of rotatable bonds is 3. The Morgan fingerprint density at radius 1 is 1.26 bits per heavy atom. The number of hydrogen-bond acceptors (Lipinski definition) is 5. The van der Waals surface area contributed by atoms with Crippen molar-refractivity contribution < 1.29 is 0 Å². The number of likely N-dealkylation sites (tertiary alicyclic amines) is 1. The summed E-state index contributed by atoms with van der Waals surface area (Å²) in [5.74, 6) is 1.68. The van der Waals surface area contributed by atoms with Crippen molar-refractivity contribution in [3.05, 3.63) is 33.9 Å². The highest BCUT2D eigenvalue weighted by molar-refractivity contribution is 7.18. The zero-order valence-electron chi connectivity index (χ0n) is 13.0. The number of piperidine rings is 1. The smallest absolute Gasteiger partial charge is 0.145 e. The molecule has 23 heavy (non-hydrogen) atoms. The van der Waals surface area contributed by atoms with Gasteiger partial charge in [0.25, 0.3) is 0 Å². The van der Waals surface area contributed by atoms with E-state index in [1.165, 1.54) is 17.7 Å². The lowest BCUT2D eigenvalue weighted by Crippen LogP contribution is -2.32. The highest BCUT2D eigenvalue weighted by atomic mass is 35.5. The first-order valence-corrected chi connectivity index (χ1v) is 10.0. The molecular weight excluding hydrogens is 346 g/mol. The minimum atomic E-state index is 0.583. The topological polar surface area (TPSA) is 29.0 Å². The fraction of sp³-hybridized carbons (Fsp3) is 0.412. The van der Waals surface area contributed by atoms with Gasteiger partial charge in [0.15, 0.2) is 0 Å². The molecule has 1 aliphatic rings. The first kappa shape index (κ1) is 15.5. The third kappa shape index (κ3) is 3.15. The van der Waals surface area contributed by atoms with Gasteiger partial charge in [-0.1, -0.05) is 24.6 Å². The van der Waals surface area contributed by atoms with Crippen molar-refractivity contribution in [3.8, 4) is 10.4 Å². The zero-order chi connectivity index (χ0) is 15.8. The zero-order valence-corrected chi connectivity index (χ0v) is 15.3. The summed E-state index contributed by atoms with van der Waals surface area (Å²) in [5.41, 5.74) is 1.16. The maximum Gasteiger partial charge on any atom is 0.145 e. The van der Waals surface area contributed by atoms with E-state index in [1.807, 2.05) is 0 Å². The van der Waals surface area contributed by atoms with Crippen molar-refractivity contribution in [2.75, 3.05) is 13.1 Å². The summed E-state index contributed by atoms with van der Waals surface area (Å²) in [5, 5.41) is 5.80. The van der Waals surface area contributed by atoms with Crippen LogP contribution in [0.5, 0.6) is 0 Å². The van der Waals surface area contributed by atoms with E-state index >= 15 is 0 Å². The molecule has 0 unspecified atom stereocenters. The van der Waals surface area contributed by atoms with Crippen molar-refractivity contribution in [2.24, 2.45) is 5.92 Å². The molecule has 3 aromatic rings. The highest BCUT2D eigenvalue weighted by Crippen LogP contribution is 2.38. The van der Waals surface area contributed by atoms with Gasteiger partial charge in [-0.25, -0.2) is 9.97 Å². The van der Waals surface area contributed by atoms with Gasteiger partial charge in [0.05, 0.1) is 11.9 Å². The molecular formula is C17H18ClN3S2. The first-order chi connectivity index (χ1) is 11.2. The lowest BCUT2D eigenvalue weighted by atomic mass is 9.99. The second kappa shape index (κ2) is 6.48. The van der Waals surface area contributed by atoms with E-state index < -0.39 is 0 Å². The van der Waals surface area contributed by atoms with Crippen LogP contribution in [0.4, 0.5) is 0 Å². The van der Waals surface area contributed by atoms with Gasteiger partial charge in [-0.2, -0.15) is 0 Å². The average molecular weight is 364 g/mol. The van der Waals surface area contributed by atoms with Crippen LogP contribution >= 0.6 is 34.3 Å². The van der Waals surface area contributed by atoms with Crippen LogP contribution in [0.15, 0.2) is 22.9 Å². The second-order valence-electron chi connectivity index (χ2n) is 6.20. The molecule has 120 valence electrons. The summed E-state index contributed by atoms with van der Waals surface area (Å²) in [4.78, 5) is 14.0. The van der Waals surface area contributed by atoms with Gasteiger partial charge in [-0.3, -0.25) is 4.90 Å². The monoisotopic (exact) mass is 363 g/mol. The van der Waals surface area contributed by atoms with Gasteiger partial charge in [0.1, 0.15) is 15.8 Å². The largest absolute Gasteiger partial charge is 0.296 e. The van der Waals surface area contributed by atoms with Gasteiger partial charge < -0.3 is 0 Å². The van der Waals surface area contributed by atoms with Crippen molar-refractivity contribution in [2.45, 2.75) is 26.3 Å². The van der Waals surface area contributed by atoms with Gasteiger partial charge >= 0.3 is 0 Å². The molecule has 4 heterocycles. The van der Waals surface area contributed by atoms with Crippen LogP contribution in [0.3, 0.4) is 0 Å². The van der Waals surface area contributed by atoms with Gasteiger partial charge in [0.2, 0.25) is 0 Å². The number of hydrogen-bond donors (Lipinski definition) is 0. The standard InChI is InChI=1S/C17H18ClN3S2/c1-11-4-6-21(7-5-11)9-14-19-16(18)15-12(10-23-17(15)20-14)13-3-2-8-22-13/h2-3,8,10-11H,4-7,9H2,1H3. The fourth-order valence-electron chi connectivity index (χ4n) is 3.04. The van der Waals surface area contributed by atoms with E-state index in [1.54, 1.807) is 22.7 Å². The van der Waals surface area contributed by atoms with E-state index in [0.29, 0.717) is 5.15 Å². The molecule has 3 nitrogen and oxygen atoms in total. The number of halogens is 1. The lowest BCUT2D eigenvalue weighted by molar-refractivity contribution is 0.181. The predicted molar refractivity (Wildman–Crippen MR) is 99.4 cm³/mol. The second-order valence-corrected chi connectivity index (χ2v) is 8.36. The number of nitrogens with zero attached hydrogens (tertiary/aromatic N) is 3. The molecule has 3 aromatic heterocycles. The molecule has 0 N–H and O–H groups in total. The summed E-state index contributed by atoms with van der Waals surface area (Å²) in [6, 6.07) is 4.18. The minimum Gasteiger partial charge on any atom is -0.296 e. The van der Waals surface area contributed by atoms with Crippen molar-refractivity contribution in [1.82, 2.24) is 14.9 Å². The van der Waals surface area contributed by atoms with Crippen LogP contribution in [0, 0.1) is 5.92 Å². The minimum absolute atomic E-state index is 0.583. The van der Waals surface area contributed by atoms with Crippen LogP contribution in [0.1, 0.15) is 25.6 Å². The first-order valence-electron chi connectivity index (χ1n) is 7.90. The fourth-order valence-corrected chi connectivity index (χ4v) is 5.17. The molecule has 1 saturated heterocycles. The van der Waals surface area contributed by atoms with E-state index in [4.69, 9.17) is 16.6 Å². The number of aromatic nitrogens is 2. The molecule has 0 radical (unpaired) electrons. The molecule has 0 spiro atoms. The predicted octanol–water partition coefficient (Wildman–Crippen LogP) is 5.31. The van der Waals surface area contributed by atoms with Crippen LogP contribution in [0.2, 0.25) is 5.15 Å². The summed E-state index contributed by atoms with van der Waals surface area (Å²) in [6.45, 7) is 5.39. The Labute approximate surface area is 149 Å². The normalized spacial score (nSPS) is 17.1. The third-order valence-corrected chi connectivity index (χ3v) is 6.51. The Balaban J connectivity index is 1.63. The molecule has 0 aromatic carbocycles. The van der Waals surface area contributed by atoms with Gasteiger partial charge in [-0.15, -0.1) is 22.7 Å². The molecule has 6 heteroatoms. The molecule has 0 atom stereocenters. The highest BCUT2D eigenvalue weighted by Gasteiger charge is 2.19. The number of thiophene rings is 2. The van der Waals surface area contributed by atoms with E-state index in [0.717, 1.165) is 47.2 Å². The van der Waals surface area contributed by atoms with Crippen molar-refractivity contribution in [1.29, 1.82) is 0 Å². The molecule has 1 fully saturated rings. The van der Waals surface area contributed by atoms with Gasteiger partial charge in [0, 0.05) is 15.8 Å². The summed E-state index contributed by atoms with van der Waals surface area (Å²) in [7, 11) is 0. The molecule has 0 bridgehead atoms. The van der Waals surface area contributed by atoms with Crippen LogP contribution < -0.4 is 0 Å². The summed E-state index contributed by atoms with van der Waals surface area (Å²) < 4.78 is 0. The van der Waals surface area contributed by atoms with E-state index in [2.05, 4.69) is 39.7 Å². The van der Waals surface area contributed by atoms with Gasteiger partial charge in [-0.05, 0) is 43.3 Å². The maximum absolute atomic E-state index is 6.51. The summed E-state index contributed by atoms with van der Waals surface area (Å²) in [6.07, 6.45) is 2.52. The lowest BCUT2D eigenvalue weighted by Gasteiger charge is -2.29. The molecule has 0 amide bonds. The molecule has 1 aliphatic heterocycles. The quantitative estimate of drug-likeness (QED) is 0.591. The molecule has 0 saturated carbocycles. The number of fused-ring (bicyclic) bond motifs is 1. The maximum atomic E-state index is 6.51. The van der Waals surface area contributed by atoms with Crippen LogP contribution in [-0.4, -0.2) is 28.0 Å². The third-order valence-electron chi connectivity index (χ3n) is 4.46. The van der Waals surface area contributed by atoms with E-state index in [-0.39, 0.29) is 0 Å². The van der Waals surface area contributed by atoms with E-state index in [9.17, 15) is 0 Å². The Kier molecular flexibility index (Phi) is 4.37. The average Bonchev–Trinajstić information content (AvgIpc) is 3.18.